The smallest absolute Gasteiger partial charge is 0.185 e. The zero-order chi connectivity index (χ0) is 14.5. The number of morpholine rings is 1. The molecule has 5 heteroatoms. The Morgan fingerprint density at radius 2 is 2.00 bits per heavy atom. The molecule has 4 nitrogen and oxygen atoms in total. The molecule has 0 saturated carbocycles. The van der Waals surface area contributed by atoms with Crippen molar-refractivity contribution in [3.8, 4) is 0 Å². The van der Waals surface area contributed by atoms with Gasteiger partial charge < -0.3 is 15.0 Å². The fourth-order valence-corrected chi connectivity index (χ4v) is 3.45. The molecule has 1 aromatic heterocycles. The van der Waals surface area contributed by atoms with Crippen molar-refractivity contribution in [1.82, 2.24) is 10.3 Å². The van der Waals surface area contributed by atoms with E-state index in [-0.39, 0.29) is 0 Å². The Hall–Kier alpha value is -0.650. The van der Waals surface area contributed by atoms with E-state index in [2.05, 4.69) is 37.9 Å². The summed E-state index contributed by atoms with van der Waals surface area (Å²) in [6.07, 6.45) is 1.16. The van der Waals surface area contributed by atoms with Gasteiger partial charge in [-0.05, 0) is 19.3 Å². The van der Waals surface area contributed by atoms with E-state index in [1.165, 1.54) is 10.6 Å². The third kappa shape index (κ3) is 3.93. The summed E-state index contributed by atoms with van der Waals surface area (Å²) in [6.45, 7) is 13.4. The molecule has 2 rings (SSSR count). The number of ether oxygens (including phenoxy) is 1. The van der Waals surface area contributed by atoms with Crippen molar-refractivity contribution in [1.29, 1.82) is 0 Å². The van der Waals surface area contributed by atoms with Gasteiger partial charge in [-0.15, -0.1) is 11.3 Å². The van der Waals surface area contributed by atoms with Gasteiger partial charge in [-0.1, -0.05) is 20.8 Å². The molecule has 114 valence electrons. The second-order valence-corrected chi connectivity index (χ2v) is 6.81. The van der Waals surface area contributed by atoms with Crippen LogP contribution in [-0.4, -0.2) is 37.3 Å². The molecule has 1 N–H and O–H groups in total. The Morgan fingerprint density at radius 3 is 2.60 bits per heavy atom. The lowest BCUT2D eigenvalue weighted by Crippen LogP contribution is -2.36. The zero-order valence-corrected chi connectivity index (χ0v) is 13.9. The van der Waals surface area contributed by atoms with Crippen molar-refractivity contribution in [2.24, 2.45) is 0 Å². The quantitative estimate of drug-likeness (QED) is 0.876. The summed E-state index contributed by atoms with van der Waals surface area (Å²) in [7, 11) is 0. The molecular weight excluding hydrogens is 270 g/mol. The van der Waals surface area contributed by atoms with Crippen molar-refractivity contribution >= 4 is 16.5 Å². The van der Waals surface area contributed by atoms with Crippen molar-refractivity contribution in [3.05, 3.63) is 10.6 Å². The van der Waals surface area contributed by atoms with Gasteiger partial charge in [0.25, 0.3) is 0 Å². The highest BCUT2D eigenvalue weighted by atomic mass is 32.1. The number of rotatable bonds is 6. The Labute approximate surface area is 126 Å². The van der Waals surface area contributed by atoms with Gasteiger partial charge in [0.15, 0.2) is 5.13 Å². The summed E-state index contributed by atoms with van der Waals surface area (Å²) in [5.74, 6) is 0.481. The van der Waals surface area contributed by atoms with Crippen LogP contribution in [0.2, 0.25) is 0 Å². The minimum atomic E-state index is 0.481. The maximum Gasteiger partial charge on any atom is 0.185 e. The zero-order valence-electron chi connectivity index (χ0n) is 13.1. The predicted octanol–water partition coefficient (Wildman–Crippen LogP) is 2.99. The monoisotopic (exact) mass is 297 g/mol. The predicted molar refractivity (Wildman–Crippen MR) is 85.8 cm³/mol. The van der Waals surface area contributed by atoms with Gasteiger partial charge >= 0.3 is 0 Å². The Bertz CT molecular complexity index is 413. The first kappa shape index (κ1) is 15.7. The second-order valence-electron chi connectivity index (χ2n) is 5.75. The van der Waals surface area contributed by atoms with E-state index < -0.39 is 0 Å². The molecule has 1 aliphatic heterocycles. The molecular formula is C15H27N3OS. The Kier molecular flexibility index (Phi) is 5.81. The van der Waals surface area contributed by atoms with Crippen molar-refractivity contribution < 1.29 is 4.74 Å². The molecule has 0 spiro atoms. The summed E-state index contributed by atoms with van der Waals surface area (Å²) in [4.78, 5) is 8.63. The first-order chi connectivity index (χ1) is 9.61. The van der Waals surface area contributed by atoms with Crippen LogP contribution in [0.4, 0.5) is 5.13 Å². The third-order valence-corrected chi connectivity index (χ3v) is 4.90. The standard InChI is InChI=1S/C15H27N3OS/c1-5-12(4)16-10-13-14(11(2)3)17-15(20-13)18-6-8-19-9-7-18/h11-12,16H,5-10H2,1-4H3. The van der Waals surface area contributed by atoms with E-state index in [0.717, 1.165) is 44.4 Å². The van der Waals surface area contributed by atoms with E-state index >= 15 is 0 Å². The lowest BCUT2D eigenvalue weighted by atomic mass is 10.1. The highest BCUT2D eigenvalue weighted by molar-refractivity contribution is 7.15. The first-order valence-electron chi connectivity index (χ1n) is 7.67. The van der Waals surface area contributed by atoms with Gasteiger partial charge in [0, 0.05) is 30.6 Å². The summed E-state index contributed by atoms with van der Waals surface area (Å²) in [5, 5.41) is 4.75. The lowest BCUT2D eigenvalue weighted by Gasteiger charge is -2.26. The molecule has 1 saturated heterocycles. The molecule has 1 atom stereocenters. The van der Waals surface area contributed by atoms with Crippen LogP contribution in [0.25, 0.3) is 0 Å². The SMILES string of the molecule is CCC(C)NCc1sc(N2CCOCC2)nc1C(C)C. The number of aromatic nitrogens is 1. The highest BCUT2D eigenvalue weighted by Crippen LogP contribution is 2.31. The Morgan fingerprint density at radius 1 is 1.30 bits per heavy atom. The van der Waals surface area contributed by atoms with Crippen LogP contribution in [0, 0.1) is 0 Å². The molecule has 1 aromatic rings. The average Bonchev–Trinajstić information content (AvgIpc) is 2.90. The van der Waals surface area contributed by atoms with Gasteiger partial charge in [-0.25, -0.2) is 4.98 Å². The summed E-state index contributed by atoms with van der Waals surface area (Å²) in [6, 6.07) is 0.559. The third-order valence-electron chi connectivity index (χ3n) is 3.77. The second kappa shape index (κ2) is 7.38. The lowest BCUT2D eigenvalue weighted by molar-refractivity contribution is 0.122. The first-order valence-corrected chi connectivity index (χ1v) is 8.49. The van der Waals surface area contributed by atoms with Gasteiger partial charge in [-0.2, -0.15) is 0 Å². The van der Waals surface area contributed by atoms with E-state index in [1.54, 1.807) is 0 Å². The maximum absolute atomic E-state index is 5.42. The van der Waals surface area contributed by atoms with Crippen LogP contribution in [0.3, 0.4) is 0 Å². The number of thiazole rings is 1. The largest absolute Gasteiger partial charge is 0.378 e. The topological polar surface area (TPSA) is 37.4 Å². The fourth-order valence-electron chi connectivity index (χ4n) is 2.23. The van der Waals surface area contributed by atoms with Gasteiger partial charge in [0.05, 0.1) is 18.9 Å². The van der Waals surface area contributed by atoms with Crippen LogP contribution in [0.5, 0.6) is 0 Å². The molecule has 2 heterocycles. The molecule has 1 fully saturated rings. The number of anilines is 1. The highest BCUT2D eigenvalue weighted by Gasteiger charge is 2.20. The molecule has 20 heavy (non-hydrogen) atoms. The molecule has 0 bridgehead atoms. The van der Waals surface area contributed by atoms with E-state index in [9.17, 15) is 0 Å². The Balaban J connectivity index is 2.10. The summed E-state index contributed by atoms with van der Waals surface area (Å²) < 4.78 is 5.42. The van der Waals surface area contributed by atoms with Gasteiger partial charge in [-0.3, -0.25) is 0 Å². The van der Waals surface area contributed by atoms with Crippen LogP contribution >= 0.6 is 11.3 Å². The van der Waals surface area contributed by atoms with Gasteiger partial charge in [0.2, 0.25) is 0 Å². The average molecular weight is 297 g/mol. The molecule has 0 aliphatic carbocycles. The van der Waals surface area contributed by atoms with Crippen LogP contribution < -0.4 is 10.2 Å². The number of nitrogens with one attached hydrogen (secondary N) is 1. The summed E-state index contributed by atoms with van der Waals surface area (Å²) >= 11 is 1.84. The van der Waals surface area contributed by atoms with E-state index in [4.69, 9.17) is 9.72 Å². The molecule has 1 unspecified atom stereocenters. The molecule has 1 aliphatic rings. The minimum absolute atomic E-state index is 0.481. The van der Waals surface area contributed by atoms with Crippen molar-refractivity contribution in [3.63, 3.8) is 0 Å². The summed E-state index contributed by atoms with van der Waals surface area (Å²) in [5.41, 5.74) is 1.26. The van der Waals surface area contributed by atoms with E-state index in [0.29, 0.717) is 12.0 Å². The normalized spacial score (nSPS) is 17.8. The van der Waals surface area contributed by atoms with Crippen LogP contribution in [0.1, 0.15) is 50.6 Å². The van der Waals surface area contributed by atoms with Crippen molar-refractivity contribution in [2.45, 2.75) is 52.6 Å². The minimum Gasteiger partial charge on any atom is -0.378 e. The van der Waals surface area contributed by atoms with Crippen LogP contribution in [-0.2, 0) is 11.3 Å². The van der Waals surface area contributed by atoms with Gasteiger partial charge in [0.1, 0.15) is 0 Å². The number of hydrogen-bond acceptors (Lipinski definition) is 5. The fraction of sp³-hybridized carbons (Fsp3) is 0.800. The number of nitrogens with zero attached hydrogens (tertiary/aromatic N) is 2. The number of hydrogen-bond donors (Lipinski definition) is 1. The van der Waals surface area contributed by atoms with Crippen LogP contribution in [0.15, 0.2) is 0 Å². The van der Waals surface area contributed by atoms with Crippen molar-refractivity contribution in [2.75, 3.05) is 31.2 Å². The molecule has 0 radical (unpaired) electrons. The molecule has 0 aromatic carbocycles. The maximum atomic E-state index is 5.42. The molecule has 0 amide bonds. The van der Waals surface area contributed by atoms with E-state index in [1.807, 2.05) is 11.3 Å².